The summed E-state index contributed by atoms with van der Waals surface area (Å²) in [5.41, 5.74) is 0. The average Bonchev–Trinajstić information content (AvgIpc) is 2.52. The van der Waals surface area contributed by atoms with Crippen LogP contribution in [0.2, 0.25) is 0 Å². The number of hydrogen-bond donors (Lipinski definition) is 1. The van der Waals surface area contributed by atoms with E-state index in [1.807, 2.05) is 0 Å². The summed E-state index contributed by atoms with van der Waals surface area (Å²) in [5.74, 6) is 2.71. The van der Waals surface area contributed by atoms with Crippen LogP contribution in [0, 0.1) is 17.8 Å². The molecule has 0 radical (unpaired) electrons. The Morgan fingerprint density at radius 2 is 1.50 bits per heavy atom. The number of hydrogen-bond acceptors (Lipinski definition) is 2. The first kappa shape index (κ1) is 17.6. The molecule has 0 aromatic rings. The van der Waals surface area contributed by atoms with Crippen LogP contribution in [-0.2, 0) is 4.74 Å². The summed E-state index contributed by atoms with van der Waals surface area (Å²) >= 11 is 0. The summed E-state index contributed by atoms with van der Waals surface area (Å²) in [4.78, 5) is 10.6. The van der Waals surface area contributed by atoms with Crippen LogP contribution >= 0.6 is 0 Å². The predicted octanol–water partition coefficient (Wildman–Crippen LogP) is 6.02. The Hall–Kier alpha value is -0.730. The lowest BCUT2D eigenvalue weighted by Crippen LogP contribution is -2.29. The van der Waals surface area contributed by atoms with Crippen LogP contribution in [-0.4, -0.2) is 17.4 Å². The number of rotatable bonds is 7. The molecule has 3 heteroatoms. The highest BCUT2D eigenvalue weighted by Gasteiger charge is 2.31. The molecule has 0 aliphatic heterocycles. The highest BCUT2D eigenvalue weighted by molar-refractivity contribution is 5.57. The Bertz CT molecular complexity index is 313. The van der Waals surface area contributed by atoms with Gasteiger partial charge in [-0.3, -0.25) is 0 Å². The third kappa shape index (κ3) is 5.81. The summed E-state index contributed by atoms with van der Waals surface area (Å²) < 4.78 is 4.92. The van der Waals surface area contributed by atoms with Crippen LogP contribution < -0.4 is 0 Å². The minimum Gasteiger partial charge on any atom is -0.450 e. The van der Waals surface area contributed by atoms with Crippen LogP contribution in [0.5, 0.6) is 0 Å². The van der Waals surface area contributed by atoms with Gasteiger partial charge in [0.2, 0.25) is 0 Å². The van der Waals surface area contributed by atoms with Gasteiger partial charge in [-0.25, -0.2) is 4.79 Å². The van der Waals surface area contributed by atoms with Crippen molar-refractivity contribution in [2.75, 3.05) is 0 Å². The summed E-state index contributed by atoms with van der Waals surface area (Å²) in [6.45, 7) is 2.28. The Labute approximate surface area is 135 Å². The zero-order valence-electron chi connectivity index (χ0n) is 14.3. The van der Waals surface area contributed by atoms with Crippen molar-refractivity contribution in [3.8, 4) is 0 Å². The van der Waals surface area contributed by atoms with Crippen molar-refractivity contribution in [2.45, 2.75) is 96.5 Å². The van der Waals surface area contributed by atoms with Crippen molar-refractivity contribution in [1.82, 2.24) is 0 Å². The molecular formula is C19H34O3. The summed E-state index contributed by atoms with van der Waals surface area (Å²) in [5, 5.41) is 8.69. The maximum Gasteiger partial charge on any atom is 0.506 e. The highest BCUT2D eigenvalue weighted by Crippen LogP contribution is 2.41. The lowest BCUT2D eigenvalue weighted by Gasteiger charge is -2.37. The smallest absolute Gasteiger partial charge is 0.450 e. The average molecular weight is 310 g/mol. The molecule has 128 valence electrons. The van der Waals surface area contributed by atoms with Crippen molar-refractivity contribution in [3.63, 3.8) is 0 Å². The van der Waals surface area contributed by atoms with Gasteiger partial charge in [-0.05, 0) is 56.3 Å². The van der Waals surface area contributed by atoms with Crippen LogP contribution in [0.1, 0.15) is 90.4 Å². The molecule has 0 saturated heterocycles. The molecule has 0 atom stereocenters. The van der Waals surface area contributed by atoms with E-state index in [-0.39, 0.29) is 6.10 Å². The van der Waals surface area contributed by atoms with Crippen molar-refractivity contribution >= 4 is 6.16 Å². The molecule has 2 rings (SSSR count). The van der Waals surface area contributed by atoms with E-state index in [1.165, 1.54) is 70.6 Å². The van der Waals surface area contributed by atoms with E-state index in [9.17, 15) is 4.79 Å². The molecule has 0 unspecified atom stereocenters. The summed E-state index contributed by atoms with van der Waals surface area (Å²) in [6, 6.07) is 0. The Kier molecular flexibility index (Phi) is 7.54. The molecule has 1 N–H and O–H groups in total. The molecule has 2 saturated carbocycles. The Balaban J connectivity index is 1.60. The zero-order chi connectivity index (χ0) is 15.8. The van der Waals surface area contributed by atoms with Gasteiger partial charge in [0.05, 0.1) is 0 Å². The molecule has 2 aliphatic carbocycles. The quantitative estimate of drug-likeness (QED) is 0.462. The first-order valence-electron chi connectivity index (χ1n) is 9.58. The molecule has 0 spiro atoms. The maximum atomic E-state index is 10.6. The van der Waals surface area contributed by atoms with Gasteiger partial charge in [-0.1, -0.05) is 51.9 Å². The topological polar surface area (TPSA) is 46.5 Å². The molecular weight excluding hydrogens is 276 g/mol. The summed E-state index contributed by atoms with van der Waals surface area (Å²) in [6.07, 6.45) is 15.8. The number of carbonyl (C=O) groups is 1. The predicted molar refractivity (Wildman–Crippen MR) is 89.1 cm³/mol. The van der Waals surface area contributed by atoms with E-state index in [2.05, 4.69) is 6.92 Å². The molecule has 0 aromatic heterocycles. The van der Waals surface area contributed by atoms with Crippen molar-refractivity contribution in [2.24, 2.45) is 17.8 Å². The minimum absolute atomic E-state index is 0.0383. The van der Waals surface area contributed by atoms with E-state index in [0.717, 1.165) is 30.6 Å². The van der Waals surface area contributed by atoms with Crippen molar-refractivity contribution < 1.29 is 14.6 Å². The Morgan fingerprint density at radius 3 is 2.05 bits per heavy atom. The second kappa shape index (κ2) is 9.42. The van der Waals surface area contributed by atoms with Crippen molar-refractivity contribution in [1.29, 1.82) is 0 Å². The van der Waals surface area contributed by atoms with E-state index >= 15 is 0 Å². The normalized spacial score (nSPS) is 32.6. The van der Waals surface area contributed by atoms with Crippen LogP contribution in [0.3, 0.4) is 0 Å². The lowest BCUT2D eigenvalue weighted by molar-refractivity contribution is 0.0191. The number of carboxylic acid groups (broad SMARTS) is 1. The van der Waals surface area contributed by atoms with Crippen molar-refractivity contribution in [3.05, 3.63) is 0 Å². The first-order chi connectivity index (χ1) is 10.7. The van der Waals surface area contributed by atoms with Crippen LogP contribution in [0.4, 0.5) is 4.79 Å². The van der Waals surface area contributed by atoms with E-state index in [0.29, 0.717) is 0 Å². The third-order valence-corrected chi connectivity index (χ3v) is 6.01. The van der Waals surface area contributed by atoms with E-state index in [1.54, 1.807) is 0 Å². The molecule has 0 heterocycles. The molecule has 2 aliphatic rings. The maximum absolute atomic E-state index is 10.6. The molecule has 2 fully saturated rings. The second-order valence-electron chi connectivity index (χ2n) is 7.55. The summed E-state index contributed by atoms with van der Waals surface area (Å²) in [7, 11) is 0. The number of ether oxygens (including phenoxy) is 1. The van der Waals surface area contributed by atoms with Crippen LogP contribution in [0.15, 0.2) is 0 Å². The van der Waals surface area contributed by atoms with Gasteiger partial charge in [-0.2, -0.15) is 0 Å². The van der Waals surface area contributed by atoms with Gasteiger partial charge in [0.1, 0.15) is 6.10 Å². The molecule has 3 nitrogen and oxygen atoms in total. The van der Waals surface area contributed by atoms with Gasteiger partial charge in [0.15, 0.2) is 0 Å². The first-order valence-corrected chi connectivity index (χ1v) is 9.58. The standard InChI is InChI=1S/C19H34O3/c1-2-3-4-5-6-15-7-9-16(10-8-15)17-11-13-18(14-12-17)22-19(20)21/h15-18H,2-14H2,1H3,(H,20,21). The fourth-order valence-electron chi connectivity index (χ4n) is 4.63. The number of unbranched alkanes of at least 4 members (excludes halogenated alkanes) is 3. The van der Waals surface area contributed by atoms with Gasteiger partial charge >= 0.3 is 6.16 Å². The monoisotopic (exact) mass is 310 g/mol. The van der Waals surface area contributed by atoms with Gasteiger partial charge in [-0.15, -0.1) is 0 Å². The molecule has 0 bridgehead atoms. The van der Waals surface area contributed by atoms with Gasteiger partial charge in [0, 0.05) is 0 Å². The fourth-order valence-corrected chi connectivity index (χ4v) is 4.63. The molecule has 0 aromatic carbocycles. The Morgan fingerprint density at radius 1 is 0.909 bits per heavy atom. The SMILES string of the molecule is CCCCCCC1CCC(C2CCC(OC(=O)O)CC2)CC1. The van der Waals surface area contributed by atoms with E-state index in [4.69, 9.17) is 9.84 Å². The zero-order valence-corrected chi connectivity index (χ0v) is 14.3. The van der Waals surface area contributed by atoms with Gasteiger partial charge in [0.25, 0.3) is 0 Å². The van der Waals surface area contributed by atoms with E-state index < -0.39 is 6.16 Å². The van der Waals surface area contributed by atoms with Crippen LogP contribution in [0.25, 0.3) is 0 Å². The lowest BCUT2D eigenvalue weighted by atomic mass is 9.70. The molecule has 22 heavy (non-hydrogen) atoms. The minimum atomic E-state index is -1.10. The second-order valence-corrected chi connectivity index (χ2v) is 7.55. The third-order valence-electron chi connectivity index (χ3n) is 6.01. The fraction of sp³-hybridized carbons (Fsp3) is 0.947. The van der Waals surface area contributed by atoms with Gasteiger partial charge < -0.3 is 9.84 Å². The highest BCUT2D eigenvalue weighted by atomic mass is 16.7. The molecule has 0 amide bonds. The largest absolute Gasteiger partial charge is 0.506 e.